The van der Waals surface area contributed by atoms with Gasteiger partial charge >= 0.3 is 5.97 Å². The number of halogens is 1. The highest BCUT2D eigenvalue weighted by Crippen LogP contribution is 2.38. The lowest BCUT2D eigenvalue weighted by Gasteiger charge is -2.15. The molecule has 1 aromatic heterocycles. The molecule has 10 heteroatoms. The van der Waals surface area contributed by atoms with Crippen molar-refractivity contribution in [3.8, 4) is 11.1 Å². The number of esters is 1. The number of aromatic nitrogens is 1. The number of aliphatic hydroxyl groups is 2. The Bertz CT molecular complexity index is 1250. The van der Waals surface area contributed by atoms with Crippen LogP contribution in [0.4, 0.5) is 4.39 Å². The maximum Gasteiger partial charge on any atom is 0.308 e. The Kier molecular flexibility index (Phi) is 10.4. The fourth-order valence-corrected chi connectivity index (χ4v) is 4.35. The second kappa shape index (κ2) is 13.7. The van der Waals surface area contributed by atoms with Gasteiger partial charge in [-0.3, -0.25) is 4.79 Å². The Hall–Kier alpha value is -3.76. The van der Waals surface area contributed by atoms with E-state index in [1.165, 1.54) is 12.1 Å². The Labute approximate surface area is 220 Å². The van der Waals surface area contributed by atoms with Crippen LogP contribution in [0.5, 0.6) is 0 Å². The zero-order chi connectivity index (χ0) is 27.7. The van der Waals surface area contributed by atoms with Crippen molar-refractivity contribution in [3.63, 3.8) is 0 Å². The molecule has 0 radical (unpaired) electrons. The molecule has 0 aliphatic rings. The summed E-state index contributed by atoms with van der Waals surface area (Å²) in [4.78, 5) is 26.2. The Balaban J connectivity index is 1.68. The van der Waals surface area contributed by atoms with E-state index >= 15 is 0 Å². The second-order valence-electron chi connectivity index (χ2n) is 9.25. The molecule has 2 N–H and O–H groups in total. The van der Waals surface area contributed by atoms with E-state index in [1.54, 1.807) is 24.3 Å². The second-order valence-corrected chi connectivity index (χ2v) is 9.25. The van der Waals surface area contributed by atoms with Crippen molar-refractivity contribution in [1.29, 1.82) is 0 Å². The molecule has 0 saturated heterocycles. The lowest BCUT2D eigenvalue weighted by molar-refractivity contribution is -0.757. The van der Waals surface area contributed by atoms with Gasteiger partial charge in [-0.2, -0.15) is 0 Å². The molecule has 2 aromatic carbocycles. The summed E-state index contributed by atoms with van der Waals surface area (Å²) < 4.78 is 20.8. The highest BCUT2D eigenvalue weighted by Gasteiger charge is 2.20. The van der Waals surface area contributed by atoms with Crippen molar-refractivity contribution in [1.82, 2.24) is 4.57 Å². The normalized spacial score (nSPS) is 13.2. The van der Waals surface area contributed by atoms with Crippen LogP contribution in [-0.2, 0) is 14.4 Å². The van der Waals surface area contributed by atoms with Gasteiger partial charge in [0, 0.05) is 34.6 Å². The summed E-state index contributed by atoms with van der Waals surface area (Å²) in [5.74, 6) is -0.951. The van der Waals surface area contributed by atoms with Gasteiger partial charge in [0.1, 0.15) is 5.82 Å². The van der Waals surface area contributed by atoms with Crippen molar-refractivity contribution in [2.24, 2.45) is 0 Å². The highest BCUT2D eigenvalue weighted by molar-refractivity contribution is 6.01. The first-order valence-corrected chi connectivity index (χ1v) is 12.5. The first-order chi connectivity index (χ1) is 18.2. The number of benzene rings is 2. The highest BCUT2D eigenvalue weighted by atomic mass is 19.1. The third kappa shape index (κ3) is 7.87. The summed E-state index contributed by atoms with van der Waals surface area (Å²) in [6, 6.07) is 14.3. The third-order valence-electron chi connectivity index (χ3n) is 5.99. The molecule has 0 unspecified atom stereocenters. The Morgan fingerprint density at radius 2 is 1.79 bits per heavy atom. The van der Waals surface area contributed by atoms with Crippen LogP contribution in [0.25, 0.3) is 28.1 Å². The Morgan fingerprint density at radius 1 is 1.11 bits per heavy atom. The standard InChI is InChI=1S/C28H33FN2O7/c1-19(2)30-25-8-4-3-7-24(25)28(20-9-11-21(29)12-10-20)26(30)14-13-22(32)17-23(33)18-27(34)37-15-5-6-16-38-31(35)36/h3-4,7-14,19,22-23,32-33H,5-6,15-18H2,1-2H3/b14-13+/t22-,23-/m0/s1. The molecule has 2 atom stereocenters. The van der Waals surface area contributed by atoms with Crippen LogP contribution >= 0.6 is 0 Å². The minimum absolute atomic E-state index is 0.0565. The number of carbonyl (C=O) groups is 1. The van der Waals surface area contributed by atoms with Crippen LogP contribution in [0.15, 0.2) is 54.6 Å². The van der Waals surface area contributed by atoms with Gasteiger partial charge in [-0.1, -0.05) is 36.4 Å². The predicted octanol–water partition coefficient (Wildman–Crippen LogP) is 5.08. The maximum atomic E-state index is 13.6. The van der Waals surface area contributed by atoms with E-state index in [0.717, 1.165) is 27.7 Å². The Morgan fingerprint density at radius 3 is 2.47 bits per heavy atom. The third-order valence-corrected chi connectivity index (χ3v) is 5.99. The van der Waals surface area contributed by atoms with Crippen molar-refractivity contribution < 1.29 is 34.1 Å². The van der Waals surface area contributed by atoms with Crippen LogP contribution in [0.2, 0.25) is 0 Å². The largest absolute Gasteiger partial charge is 0.466 e. The van der Waals surface area contributed by atoms with Crippen molar-refractivity contribution in [2.45, 2.75) is 57.8 Å². The molecule has 0 spiro atoms. The predicted molar refractivity (Wildman–Crippen MR) is 141 cm³/mol. The monoisotopic (exact) mass is 528 g/mol. The number of unbranched alkanes of at least 4 members (excludes halogenated alkanes) is 1. The minimum atomic E-state index is -1.12. The summed E-state index contributed by atoms with van der Waals surface area (Å²) in [5.41, 5.74) is 3.58. The van der Waals surface area contributed by atoms with Gasteiger partial charge in [0.15, 0.2) is 0 Å². The van der Waals surface area contributed by atoms with Gasteiger partial charge in [0.05, 0.1) is 31.8 Å². The van der Waals surface area contributed by atoms with E-state index in [9.17, 15) is 29.5 Å². The van der Waals surface area contributed by atoms with Crippen LogP contribution < -0.4 is 0 Å². The summed E-state index contributed by atoms with van der Waals surface area (Å²) >= 11 is 0. The fraction of sp³-hybridized carbons (Fsp3) is 0.393. The first kappa shape index (κ1) is 28.8. The first-order valence-electron chi connectivity index (χ1n) is 12.5. The van der Waals surface area contributed by atoms with Crippen molar-refractivity contribution >= 4 is 22.9 Å². The molecule has 3 rings (SSSR count). The SMILES string of the molecule is CC(C)n1c(/C=C/[C@H](O)C[C@H](O)CC(=O)OCCCCO[N+](=O)[O-])c(-c2ccc(F)cc2)c2ccccc21. The number of carbonyl (C=O) groups excluding carboxylic acids is 1. The molecule has 0 aliphatic heterocycles. The quantitative estimate of drug-likeness (QED) is 0.129. The summed E-state index contributed by atoms with van der Waals surface area (Å²) in [7, 11) is 0. The van der Waals surface area contributed by atoms with Crippen LogP contribution in [0.1, 0.15) is 51.3 Å². The van der Waals surface area contributed by atoms with E-state index in [-0.39, 0.29) is 37.9 Å². The van der Waals surface area contributed by atoms with Gasteiger partial charge < -0.3 is 24.4 Å². The fourth-order valence-electron chi connectivity index (χ4n) is 4.35. The number of fused-ring (bicyclic) bond motifs is 1. The summed E-state index contributed by atoms with van der Waals surface area (Å²) in [6.45, 7) is 4.09. The average molecular weight is 529 g/mol. The number of nitrogens with zero attached hydrogens (tertiary/aromatic N) is 2. The minimum Gasteiger partial charge on any atom is -0.466 e. The van der Waals surface area contributed by atoms with Gasteiger partial charge in [0.2, 0.25) is 0 Å². The molecule has 1 heterocycles. The number of aliphatic hydroxyl groups excluding tert-OH is 2. The molecule has 3 aromatic rings. The van der Waals surface area contributed by atoms with Gasteiger partial charge in [-0.25, -0.2) is 4.39 Å². The van der Waals surface area contributed by atoms with Crippen molar-refractivity contribution in [3.05, 3.63) is 76.2 Å². The van der Waals surface area contributed by atoms with Gasteiger partial charge in [0.25, 0.3) is 5.09 Å². The van der Waals surface area contributed by atoms with Gasteiger partial charge in [-0.15, -0.1) is 10.1 Å². The van der Waals surface area contributed by atoms with Crippen LogP contribution in [-0.4, -0.2) is 51.3 Å². The number of hydrogen-bond donors (Lipinski definition) is 2. The molecule has 0 bridgehead atoms. The maximum absolute atomic E-state index is 13.6. The number of ether oxygens (including phenoxy) is 1. The lowest BCUT2D eigenvalue weighted by atomic mass is 10.0. The molecule has 0 amide bonds. The smallest absolute Gasteiger partial charge is 0.308 e. The summed E-state index contributed by atoms with van der Waals surface area (Å²) in [6.07, 6.45) is 1.60. The molecule has 0 aliphatic carbocycles. The molecule has 0 fully saturated rings. The number of rotatable bonds is 14. The van der Waals surface area contributed by atoms with E-state index < -0.39 is 23.3 Å². The van der Waals surface area contributed by atoms with E-state index in [0.29, 0.717) is 12.8 Å². The average Bonchev–Trinajstić information content (AvgIpc) is 3.19. The van der Waals surface area contributed by atoms with Gasteiger partial charge in [-0.05, 0) is 56.5 Å². The van der Waals surface area contributed by atoms with Crippen LogP contribution in [0, 0.1) is 15.9 Å². The van der Waals surface area contributed by atoms with Crippen LogP contribution in [0.3, 0.4) is 0 Å². The lowest BCUT2D eigenvalue weighted by Crippen LogP contribution is -2.21. The summed E-state index contributed by atoms with van der Waals surface area (Å²) in [5, 5.41) is 31.1. The molecule has 38 heavy (non-hydrogen) atoms. The van der Waals surface area contributed by atoms with E-state index in [2.05, 4.69) is 23.3 Å². The molecular weight excluding hydrogens is 495 g/mol. The molecule has 0 saturated carbocycles. The van der Waals surface area contributed by atoms with Crippen molar-refractivity contribution in [2.75, 3.05) is 13.2 Å². The van der Waals surface area contributed by atoms with E-state index in [1.807, 2.05) is 24.3 Å². The zero-order valence-electron chi connectivity index (χ0n) is 21.5. The topological polar surface area (TPSA) is 124 Å². The molecular formula is C28H33FN2O7. The molecule has 9 nitrogen and oxygen atoms in total. The number of para-hydroxylation sites is 1. The number of hydrogen-bond acceptors (Lipinski definition) is 7. The molecule has 204 valence electrons. The van der Waals surface area contributed by atoms with E-state index in [4.69, 9.17) is 4.74 Å². The zero-order valence-corrected chi connectivity index (χ0v) is 21.5.